The molecule has 0 heterocycles. The third kappa shape index (κ3) is 6.74. The number of nitrogens with zero attached hydrogens (tertiary/aromatic N) is 1. The largest absolute Gasteiger partial charge is 0.490 e. The third-order valence-electron chi connectivity index (χ3n) is 3.93. The van der Waals surface area contributed by atoms with E-state index >= 15 is 0 Å². The summed E-state index contributed by atoms with van der Waals surface area (Å²) in [6.07, 6.45) is 1.41. The Labute approximate surface area is 191 Å². The number of anilines is 1. The van der Waals surface area contributed by atoms with Gasteiger partial charge in [-0.3, -0.25) is 4.79 Å². The van der Waals surface area contributed by atoms with Gasteiger partial charge >= 0.3 is 6.03 Å². The van der Waals surface area contributed by atoms with Crippen molar-refractivity contribution >= 4 is 55.7 Å². The molecular formula is C20H22Br2N4O4. The first-order valence-corrected chi connectivity index (χ1v) is 10.5. The molecule has 0 aliphatic carbocycles. The van der Waals surface area contributed by atoms with E-state index in [1.165, 1.54) is 6.21 Å². The van der Waals surface area contributed by atoms with Crippen LogP contribution in [-0.4, -0.2) is 31.4 Å². The van der Waals surface area contributed by atoms with Crippen molar-refractivity contribution in [1.29, 1.82) is 0 Å². The lowest BCUT2D eigenvalue weighted by Gasteiger charge is -2.15. The molecule has 0 saturated heterocycles. The van der Waals surface area contributed by atoms with Crippen molar-refractivity contribution in [1.82, 2.24) is 5.43 Å². The number of rotatable bonds is 8. The molecule has 0 spiro atoms. The van der Waals surface area contributed by atoms with E-state index in [2.05, 4.69) is 47.7 Å². The Balaban J connectivity index is 2.13. The highest BCUT2D eigenvalue weighted by Gasteiger charge is 2.15. The second kappa shape index (κ2) is 11.0. The van der Waals surface area contributed by atoms with Crippen molar-refractivity contribution in [2.45, 2.75) is 20.8 Å². The normalized spacial score (nSPS) is 10.7. The van der Waals surface area contributed by atoms with Gasteiger partial charge in [-0.25, -0.2) is 10.2 Å². The number of aryl methyl sites for hydroxylation is 2. The van der Waals surface area contributed by atoms with Crippen LogP contribution in [0.5, 0.6) is 11.5 Å². The molecule has 0 radical (unpaired) electrons. The van der Waals surface area contributed by atoms with Crippen LogP contribution in [0.2, 0.25) is 0 Å². The minimum atomic E-state index is -0.767. The minimum Gasteiger partial charge on any atom is -0.490 e. The number of hydrazone groups is 1. The predicted octanol–water partition coefficient (Wildman–Crippen LogP) is 4.25. The van der Waals surface area contributed by atoms with Gasteiger partial charge in [-0.15, -0.1) is 0 Å². The van der Waals surface area contributed by atoms with Gasteiger partial charge in [-0.05, 0) is 93.6 Å². The van der Waals surface area contributed by atoms with E-state index in [9.17, 15) is 9.59 Å². The van der Waals surface area contributed by atoms with Crippen LogP contribution in [0.3, 0.4) is 0 Å². The SMILES string of the molecule is CCOc1cc(/C=N\NC(N)=O)cc(Br)c1OCC(=O)Nc1cc(C)c(C)cc1Br. The quantitative estimate of drug-likeness (QED) is 0.342. The first-order chi connectivity index (χ1) is 14.2. The van der Waals surface area contributed by atoms with Crippen LogP contribution < -0.4 is 25.9 Å². The fourth-order valence-electron chi connectivity index (χ4n) is 2.44. The molecule has 2 rings (SSSR count). The van der Waals surface area contributed by atoms with Crippen LogP contribution >= 0.6 is 31.9 Å². The Morgan fingerprint density at radius 1 is 1.10 bits per heavy atom. The second-order valence-corrected chi connectivity index (χ2v) is 7.96. The fraction of sp³-hybridized carbons (Fsp3) is 0.250. The number of nitrogens with one attached hydrogen (secondary N) is 2. The van der Waals surface area contributed by atoms with Crippen LogP contribution in [0.25, 0.3) is 0 Å². The summed E-state index contributed by atoms with van der Waals surface area (Å²) >= 11 is 6.87. The lowest BCUT2D eigenvalue weighted by Crippen LogP contribution is -2.24. The van der Waals surface area contributed by atoms with Gasteiger partial charge < -0.3 is 20.5 Å². The lowest BCUT2D eigenvalue weighted by molar-refractivity contribution is -0.118. The number of urea groups is 1. The number of hydrogen-bond acceptors (Lipinski definition) is 5. The smallest absolute Gasteiger partial charge is 0.332 e. The van der Waals surface area contributed by atoms with Crippen molar-refractivity contribution in [2.75, 3.05) is 18.5 Å². The number of carbonyl (C=O) groups excluding carboxylic acids is 2. The number of halogens is 2. The molecule has 4 N–H and O–H groups in total. The maximum absolute atomic E-state index is 12.4. The van der Waals surface area contributed by atoms with Crippen LogP contribution in [0, 0.1) is 13.8 Å². The van der Waals surface area contributed by atoms with E-state index in [0.29, 0.717) is 33.8 Å². The van der Waals surface area contributed by atoms with Crippen LogP contribution in [0.4, 0.5) is 10.5 Å². The zero-order valence-corrected chi connectivity index (χ0v) is 19.9. The first kappa shape index (κ1) is 23.7. The summed E-state index contributed by atoms with van der Waals surface area (Å²) in [5, 5.41) is 6.55. The number of hydrogen-bond donors (Lipinski definition) is 3. The predicted molar refractivity (Wildman–Crippen MR) is 123 cm³/mol. The van der Waals surface area contributed by atoms with Gasteiger partial charge in [0.15, 0.2) is 18.1 Å². The van der Waals surface area contributed by atoms with Crippen LogP contribution in [-0.2, 0) is 4.79 Å². The maximum Gasteiger partial charge on any atom is 0.332 e. The molecule has 3 amide bonds. The molecule has 0 aliphatic rings. The summed E-state index contributed by atoms with van der Waals surface area (Å²) in [6, 6.07) is 6.46. The number of ether oxygens (including phenoxy) is 2. The van der Waals surface area contributed by atoms with E-state index in [1.807, 2.05) is 32.9 Å². The Bertz CT molecular complexity index is 980. The molecule has 0 bridgehead atoms. The van der Waals surface area contributed by atoms with Crippen molar-refractivity contribution in [3.05, 3.63) is 49.9 Å². The number of benzene rings is 2. The zero-order chi connectivity index (χ0) is 22.3. The molecule has 8 nitrogen and oxygen atoms in total. The van der Waals surface area contributed by atoms with Crippen molar-refractivity contribution in [3.8, 4) is 11.5 Å². The molecule has 0 aliphatic heterocycles. The molecule has 0 saturated carbocycles. The highest BCUT2D eigenvalue weighted by molar-refractivity contribution is 9.11. The molecule has 10 heteroatoms. The minimum absolute atomic E-state index is 0.214. The van der Waals surface area contributed by atoms with Crippen molar-refractivity contribution < 1.29 is 19.1 Å². The molecule has 30 heavy (non-hydrogen) atoms. The van der Waals surface area contributed by atoms with Gasteiger partial charge in [0.2, 0.25) is 0 Å². The van der Waals surface area contributed by atoms with Gasteiger partial charge in [-0.2, -0.15) is 5.10 Å². The molecule has 0 atom stereocenters. The van der Waals surface area contributed by atoms with Gasteiger partial charge in [-0.1, -0.05) is 0 Å². The topological polar surface area (TPSA) is 115 Å². The highest BCUT2D eigenvalue weighted by Crippen LogP contribution is 2.36. The highest BCUT2D eigenvalue weighted by atomic mass is 79.9. The van der Waals surface area contributed by atoms with E-state index in [0.717, 1.165) is 15.6 Å². The molecule has 0 aromatic heterocycles. The molecule has 2 aromatic carbocycles. The molecule has 0 fully saturated rings. The maximum atomic E-state index is 12.4. The van der Waals surface area contributed by atoms with E-state index in [4.69, 9.17) is 15.2 Å². The zero-order valence-electron chi connectivity index (χ0n) is 16.7. The van der Waals surface area contributed by atoms with Crippen molar-refractivity contribution in [2.24, 2.45) is 10.8 Å². The van der Waals surface area contributed by atoms with Gasteiger partial charge in [0.25, 0.3) is 5.91 Å². The number of carbonyl (C=O) groups is 2. The van der Waals surface area contributed by atoms with Gasteiger partial charge in [0, 0.05) is 4.47 Å². The summed E-state index contributed by atoms with van der Waals surface area (Å²) in [5.74, 6) is 0.489. The average Bonchev–Trinajstić information content (AvgIpc) is 2.65. The summed E-state index contributed by atoms with van der Waals surface area (Å²) in [4.78, 5) is 23.1. The Hall–Kier alpha value is -2.59. The number of amides is 3. The first-order valence-electron chi connectivity index (χ1n) is 8.95. The van der Waals surface area contributed by atoms with Crippen LogP contribution in [0.15, 0.2) is 38.3 Å². The lowest BCUT2D eigenvalue weighted by atomic mass is 10.1. The Morgan fingerprint density at radius 3 is 2.47 bits per heavy atom. The van der Waals surface area contributed by atoms with E-state index in [1.54, 1.807) is 12.1 Å². The Morgan fingerprint density at radius 2 is 1.80 bits per heavy atom. The van der Waals surface area contributed by atoms with E-state index < -0.39 is 6.03 Å². The average molecular weight is 542 g/mol. The summed E-state index contributed by atoms with van der Waals surface area (Å²) in [6.45, 7) is 5.99. The number of nitrogens with two attached hydrogens (primary N) is 1. The fourth-order valence-corrected chi connectivity index (χ4v) is 3.57. The second-order valence-electron chi connectivity index (χ2n) is 6.25. The summed E-state index contributed by atoms with van der Waals surface area (Å²) in [5.41, 5.74) is 10.6. The standard InChI is InChI=1S/C20H22Br2N4O4/c1-4-29-17-8-13(9-24-26-20(23)28)7-15(22)19(17)30-10-18(27)25-16-6-12(3)11(2)5-14(16)21/h5-9H,4,10H2,1-3H3,(H,25,27)(H3,23,26,28)/b24-9-. The third-order valence-corrected chi connectivity index (χ3v) is 5.17. The van der Waals surface area contributed by atoms with Crippen molar-refractivity contribution in [3.63, 3.8) is 0 Å². The van der Waals surface area contributed by atoms with Crippen LogP contribution in [0.1, 0.15) is 23.6 Å². The Kier molecular flexibility index (Phi) is 8.67. The van der Waals surface area contributed by atoms with Gasteiger partial charge in [0.05, 0.1) is 23.0 Å². The number of primary amides is 1. The van der Waals surface area contributed by atoms with Gasteiger partial charge in [0.1, 0.15) is 0 Å². The monoisotopic (exact) mass is 540 g/mol. The molecule has 2 aromatic rings. The molecule has 160 valence electrons. The molecule has 0 unspecified atom stereocenters. The summed E-state index contributed by atoms with van der Waals surface area (Å²) < 4.78 is 12.7. The molecular weight excluding hydrogens is 520 g/mol. The van der Waals surface area contributed by atoms with E-state index in [-0.39, 0.29) is 12.5 Å². The summed E-state index contributed by atoms with van der Waals surface area (Å²) in [7, 11) is 0.